The fraction of sp³-hybridized carbons (Fsp3) is 0.100. The van der Waals surface area contributed by atoms with Crippen LogP contribution in [0.5, 0.6) is 5.75 Å². The zero-order valence-corrected chi connectivity index (χ0v) is 15.8. The molecule has 0 amide bonds. The van der Waals surface area contributed by atoms with Crippen molar-refractivity contribution in [2.45, 2.75) is 6.18 Å². The number of fused-ring (bicyclic) bond motifs is 1. The lowest BCUT2D eigenvalue weighted by Crippen LogP contribution is -2.15. The summed E-state index contributed by atoms with van der Waals surface area (Å²) in [5.74, 6) is 0.444. The summed E-state index contributed by atoms with van der Waals surface area (Å²) in [5.41, 5.74) is -2.35. The molecule has 1 N–H and O–H groups in total. The summed E-state index contributed by atoms with van der Waals surface area (Å²) in [5, 5.41) is 13.1. The van der Waals surface area contributed by atoms with Gasteiger partial charge in [0.15, 0.2) is 5.65 Å². The summed E-state index contributed by atoms with van der Waals surface area (Å²) in [6.45, 7) is 0. The maximum absolute atomic E-state index is 13.7. The van der Waals surface area contributed by atoms with Gasteiger partial charge in [0.05, 0.1) is 23.3 Å². The Balaban J connectivity index is 2.01. The van der Waals surface area contributed by atoms with Crippen LogP contribution < -0.4 is 10.3 Å². The molecule has 2 aromatic heterocycles. The van der Waals surface area contributed by atoms with Crippen LogP contribution in [0.3, 0.4) is 0 Å². The number of hydrogen-bond donors (Lipinski definition) is 1. The van der Waals surface area contributed by atoms with E-state index in [9.17, 15) is 28.1 Å². The number of rotatable bonds is 4. The van der Waals surface area contributed by atoms with Crippen molar-refractivity contribution in [3.05, 3.63) is 80.8 Å². The molecular formula is C20H13F3N4O4. The van der Waals surface area contributed by atoms with Crippen molar-refractivity contribution in [1.29, 1.82) is 0 Å². The smallest absolute Gasteiger partial charge is 0.433 e. The molecule has 0 saturated heterocycles. The van der Waals surface area contributed by atoms with Gasteiger partial charge in [0.25, 0.3) is 11.2 Å². The van der Waals surface area contributed by atoms with Crippen LogP contribution in [0.15, 0.2) is 59.4 Å². The van der Waals surface area contributed by atoms with E-state index in [1.807, 2.05) is 0 Å². The lowest BCUT2D eigenvalue weighted by molar-refractivity contribution is -0.384. The maximum Gasteiger partial charge on any atom is 0.433 e. The van der Waals surface area contributed by atoms with Crippen molar-refractivity contribution in [2.24, 2.45) is 0 Å². The molecule has 0 fully saturated rings. The third kappa shape index (κ3) is 3.61. The van der Waals surface area contributed by atoms with Crippen LogP contribution in [-0.4, -0.2) is 26.6 Å². The lowest BCUT2D eigenvalue weighted by Gasteiger charge is -2.08. The number of ether oxygens (including phenoxy) is 1. The van der Waals surface area contributed by atoms with Crippen LogP contribution in [0.1, 0.15) is 5.69 Å². The minimum atomic E-state index is -4.79. The summed E-state index contributed by atoms with van der Waals surface area (Å²) < 4.78 is 47.0. The Morgan fingerprint density at radius 3 is 2.42 bits per heavy atom. The van der Waals surface area contributed by atoms with Gasteiger partial charge in [-0.3, -0.25) is 20.0 Å². The molecular weight excluding hydrogens is 417 g/mol. The molecule has 0 radical (unpaired) electrons. The summed E-state index contributed by atoms with van der Waals surface area (Å²) in [4.78, 5) is 27.3. The highest BCUT2D eigenvalue weighted by Gasteiger charge is 2.38. The zero-order chi connectivity index (χ0) is 22.3. The van der Waals surface area contributed by atoms with Gasteiger partial charge < -0.3 is 4.74 Å². The van der Waals surface area contributed by atoms with E-state index in [0.717, 1.165) is 6.07 Å². The van der Waals surface area contributed by atoms with Crippen molar-refractivity contribution in [2.75, 3.05) is 7.11 Å². The molecule has 31 heavy (non-hydrogen) atoms. The van der Waals surface area contributed by atoms with Crippen LogP contribution in [0.2, 0.25) is 0 Å². The molecule has 0 aliphatic carbocycles. The van der Waals surface area contributed by atoms with Gasteiger partial charge in [-0.15, -0.1) is 0 Å². The van der Waals surface area contributed by atoms with Crippen LogP contribution >= 0.6 is 0 Å². The highest BCUT2D eigenvalue weighted by Crippen LogP contribution is 2.39. The molecule has 0 saturated carbocycles. The molecule has 8 nitrogen and oxygen atoms in total. The van der Waals surface area contributed by atoms with E-state index in [1.165, 1.54) is 55.6 Å². The largest absolute Gasteiger partial charge is 0.497 e. The number of halogens is 3. The Labute approximate surface area is 171 Å². The minimum absolute atomic E-state index is 0.0104. The van der Waals surface area contributed by atoms with Crippen molar-refractivity contribution >= 4 is 11.3 Å². The quantitative estimate of drug-likeness (QED) is 0.384. The highest BCUT2D eigenvalue weighted by atomic mass is 19.4. The van der Waals surface area contributed by atoms with E-state index < -0.39 is 22.4 Å². The Bertz CT molecular complexity index is 1360. The topological polar surface area (TPSA) is 103 Å². The molecule has 0 spiro atoms. The first kappa shape index (κ1) is 20.1. The standard InChI is InChI=1S/C20H13F3N4O4/c1-31-14-7-5-11(6-8-14)17-18(20(21,22)23)25-26-16(28)10-15(24-19(17)26)12-3-2-4-13(9-12)27(29)30/h2-10,25H,1H3. The van der Waals surface area contributed by atoms with Gasteiger partial charge in [0.1, 0.15) is 11.4 Å². The Morgan fingerprint density at radius 2 is 1.81 bits per heavy atom. The molecule has 2 heterocycles. The van der Waals surface area contributed by atoms with E-state index in [4.69, 9.17) is 4.74 Å². The molecule has 11 heteroatoms. The summed E-state index contributed by atoms with van der Waals surface area (Å²) >= 11 is 0. The highest BCUT2D eigenvalue weighted by molar-refractivity contribution is 5.82. The van der Waals surface area contributed by atoms with Crippen LogP contribution in [0, 0.1) is 10.1 Å². The first-order chi connectivity index (χ1) is 14.7. The van der Waals surface area contributed by atoms with Crippen molar-refractivity contribution in [1.82, 2.24) is 14.6 Å². The molecule has 0 unspecified atom stereocenters. The Morgan fingerprint density at radius 1 is 1.10 bits per heavy atom. The fourth-order valence-electron chi connectivity index (χ4n) is 3.20. The number of nitrogens with one attached hydrogen (secondary N) is 1. The number of hydrogen-bond acceptors (Lipinski definition) is 5. The average Bonchev–Trinajstić information content (AvgIpc) is 3.14. The second-order valence-corrected chi connectivity index (χ2v) is 6.53. The summed E-state index contributed by atoms with van der Waals surface area (Å²) in [6.07, 6.45) is -4.79. The van der Waals surface area contributed by atoms with Crippen LogP contribution in [0.25, 0.3) is 28.0 Å². The van der Waals surface area contributed by atoms with Gasteiger partial charge in [0.2, 0.25) is 0 Å². The monoisotopic (exact) mass is 430 g/mol. The summed E-state index contributed by atoms with van der Waals surface area (Å²) in [7, 11) is 1.42. The second kappa shape index (κ2) is 7.27. The Hall–Kier alpha value is -4.15. The third-order valence-corrected chi connectivity index (χ3v) is 4.63. The number of methoxy groups -OCH3 is 1. The van der Waals surface area contributed by atoms with Crippen molar-refractivity contribution in [3.8, 4) is 28.1 Å². The van der Waals surface area contributed by atoms with E-state index in [-0.39, 0.29) is 33.7 Å². The van der Waals surface area contributed by atoms with Gasteiger partial charge >= 0.3 is 6.18 Å². The number of aromatic nitrogens is 3. The van der Waals surface area contributed by atoms with E-state index in [0.29, 0.717) is 10.3 Å². The predicted molar refractivity (Wildman–Crippen MR) is 105 cm³/mol. The molecule has 0 aliphatic rings. The SMILES string of the molecule is COc1ccc(-c2c(C(F)(F)F)[nH]n3c(=O)cc(-c4cccc([N+](=O)[O-])c4)nc23)cc1. The molecule has 4 aromatic rings. The van der Waals surface area contributed by atoms with Crippen LogP contribution in [-0.2, 0) is 6.18 Å². The van der Waals surface area contributed by atoms with E-state index in [1.54, 1.807) is 0 Å². The number of nitrogens with zero attached hydrogens (tertiary/aromatic N) is 3. The van der Waals surface area contributed by atoms with Crippen molar-refractivity contribution < 1.29 is 22.8 Å². The first-order valence-electron chi connectivity index (χ1n) is 8.81. The molecule has 0 atom stereocenters. The van der Waals surface area contributed by atoms with Gasteiger partial charge in [-0.1, -0.05) is 24.3 Å². The van der Waals surface area contributed by atoms with Gasteiger partial charge in [-0.05, 0) is 17.7 Å². The van der Waals surface area contributed by atoms with Crippen LogP contribution in [0.4, 0.5) is 18.9 Å². The minimum Gasteiger partial charge on any atom is -0.497 e. The molecule has 0 aliphatic heterocycles. The summed E-state index contributed by atoms with van der Waals surface area (Å²) in [6, 6.07) is 12.2. The van der Waals surface area contributed by atoms with Gasteiger partial charge in [-0.25, -0.2) is 9.50 Å². The van der Waals surface area contributed by atoms with E-state index in [2.05, 4.69) is 10.1 Å². The predicted octanol–water partition coefficient (Wildman–Crippen LogP) is 4.29. The number of alkyl halides is 3. The normalized spacial score (nSPS) is 11.6. The number of H-pyrrole nitrogens is 1. The van der Waals surface area contributed by atoms with Crippen molar-refractivity contribution in [3.63, 3.8) is 0 Å². The lowest BCUT2D eigenvalue weighted by atomic mass is 10.0. The number of non-ortho nitro benzene ring substituents is 1. The fourth-order valence-corrected chi connectivity index (χ4v) is 3.20. The zero-order valence-electron chi connectivity index (χ0n) is 15.8. The third-order valence-electron chi connectivity index (χ3n) is 4.63. The molecule has 2 aromatic carbocycles. The number of aromatic amines is 1. The number of nitro groups is 1. The number of benzene rings is 2. The maximum atomic E-state index is 13.7. The Kier molecular flexibility index (Phi) is 4.72. The molecule has 158 valence electrons. The molecule has 0 bridgehead atoms. The van der Waals surface area contributed by atoms with Gasteiger partial charge in [-0.2, -0.15) is 13.2 Å². The first-order valence-corrected chi connectivity index (χ1v) is 8.81. The van der Waals surface area contributed by atoms with Gasteiger partial charge in [0, 0.05) is 23.8 Å². The second-order valence-electron chi connectivity index (χ2n) is 6.53. The van der Waals surface area contributed by atoms with E-state index >= 15 is 0 Å². The number of nitro benzene ring substituents is 1. The average molecular weight is 430 g/mol. The molecule has 4 rings (SSSR count).